The molecule has 10 rings (SSSR count). The van der Waals surface area contributed by atoms with Crippen molar-refractivity contribution in [3.63, 3.8) is 0 Å². The first kappa shape index (κ1) is 36.0. The van der Waals surface area contributed by atoms with Gasteiger partial charge in [-0.15, -0.1) is 71.8 Å². The zero-order valence-electron chi connectivity index (χ0n) is 28.6. The molecular formula is C46H25N5O2PdPt. The van der Waals surface area contributed by atoms with Gasteiger partial charge in [-0.3, -0.25) is 0 Å². The molecule has 0 aliphatic rings. The van der Waals surface area contributed by atoms with Gasteiger partial charge in [0.1, 0.15) is 0 Å². The molecule has 9 heteroatoms. The Kier molecular flexibility index (Phi) is 10.1. The van der Waals surface area contributed by atoms with Gasteiger partial charge < -0.3 is 24.0 Å². The third-order valence-electron chi connectivity index (χ3n) is 9.12. The van der Waals surface area contributed by atoms with Gasteiger partial charge in [-0.1, -0.05) is 71.7 Å². The maximum Gasteiger partial charge on any atom is 2.00 e. The van der Waals surface area contributed by atoms with E-state index in [4.69, 9.17) is 9.47 Å². The van der Waals surface area contributed by atoms with Gasteiger partial charge in [0.05, 0.1) is 0 Å². The van der Waals surface area contributed by atoms with Crippen LogP contribution < -0.4 is 9.47 Å². The van der Waals surface area contributed by atoms with Crippen molar-refractivity contribution in [2.45, 2.75) is 0 Å². The summed E-state index contributed by atoms with van der Waals surface area (Å²) in [5, 5.41) is 6.21. The second-order valence-corrected chi connectivity index (χ2v) is 12.4. The molecule has 55 heavy (non-hydrogen) atoms. The van der Waals surface area contributed by atoms with Gasteiger partial charge in [-0.25, -0.2) is 9.97 Å². The largest absolute Gasteiger partial charge is 2.00 e. The average molecular weight is 981 g/mol. The van der Waals surface area contributed by atoms with Gasteiger partial charge in [-0.2, -0.15) is 22.9 Å². The molecule has 4 heterocycles. The van der Waals surface area contributed by atoms with Crippen LogP contribution in [0.3, 0.4) is 0 Å². The van der Waals surface area contributed by atoms with Crippen molar-refractivity contribution in [1.82, 2.24) is 24.5 Å². The SMILES string of the molecule is [Pd+2].[Pt+2].[c-]1c(Oc2[c-]c3c(cc2)c2ccc(Oc4[c-]c(-c5nccc6ccccc56)ccc4)[c-]c2n3-c2ncccn2)cccc1-c1nccc2ccccc12. The quantitative estimate of drug-likeness (QED) is 0.117. The predicted molar refractivity (Wildman–Crippen MR) is 206 cm³/mol. The molecule has 0 saturated heterocycles. The Morgan fingerprint density at radius 1 is 0.400 bits per heavy atom. The van der Waals surface area contributed by atoms with Crippen molar-refractivity contribution in [2.75, 3.05) is 0 Å². The first-order chi connectivity index (χ1) is 26.2. The van der Waals surface area contributed by atoms with Crippen LogP contribution in [0.4, 0.5) is 0 Å². The van der Waals surface area contributed by atoms with Crippen LogP contribution in [0.5, 0.6) is 23.0 Å². The van der Waals surface area contributed by atoms with E-state index in [1.807, 2.05) is 114 Å². The zero-order valence-corrected chi connectivity index (χ0v) is 32.4. The Balaban J connectivity index is 0.00000214. The van der Waals surface area contributed by atoms with E-state index in [0.717, 1.165) is 65.9 Å². The molecule has 6 aromatic carbocycles. The number of hydrogen-bond donors (Lipinski definition) is 0. The van der Waals surface area contributed by atoms with Crippen LogP contribution >= 0.6 is 0 Å². The Morgan fingerprint density at radius 2 is 0.873 bits per heavy atom. The molecule has 10 aromatic rings. The third-order valence-corrected chi connectivity index (χ3v) is 9.12. The molecule has 0 bridgehead atoms. The number of hydrogen-bond acceptors (Lipinski definition) is 6. The summed E-state index contributed by atoms with van der Waals surface area (Å²) in [6.07, 6.45) is 7.06. The number of rotatable bonds is 7. The fourth-order valence-corrected chi connectivity index (χ4v) is 6.75. The molecule has 0 radical (unpaired) electrons. The number of fused-ring (bicyclic) bond motifs is 5. The Hall–Kier alpha value is -6.03. The summed E-state index contributed by atoms with van der Waals surface area (Å²) in [5.41, 5.74) is 4.84. The van der Waals surface area contributed by atoms with Gasteiger partial charge in [0.25, 0.3) is 0 Å². The summed E-state index contributed by atoms with van der Waals surface area (Å²) < 4.78 is 14.7. The molecule has 0 aliphatic carbocycles. The number of pyridine rings is 2. The Bertz CT molecular complexity index is 2800. The second kappa shape index (κ2) is 15.4. The number of benzene rings is 6. The van der Waals surface area contributed by atoms with Crippen molar-refractivity contribution in [2.24, 2.45) is 0 Å². The number of nitrogens with zero attached hydrogens (tertiary/aromatic N) is 5. The van der Waals surface area contributed by atoms with Crippen molar-refractivity contribution >= 4 is 43.4 Å². The van der Waals surface area contributed by atoms with Crippen molar-refractivity contribution in [3.05, 3.63) is 176 Å². The Morgan fingerprint density at radius 3 is 1.38 bits per heavy atom. The average Bonchev–Trinajstić information content (AvgIpc) is 3.53. The van der Waals surface area contributed by atoms with Crippen LogP contribution in [0.25, 0.3) is 71.8 Å². The van der Waals surface area contributed by atoms with E-state index >= 15 is 0 Å². The fraction of sp³-hybridized carbons (Fsp3) is 0. The first-order valence-electron chi connectivity index (χ1n) is 17.0. The molecule has 4 aromatic heterocycles. The van der Waals surface area contributed by atoms with Crippen molar-refractivity contribution in [3.8, 4) is 51.5 Å². The number of aromatic nitrogens is 5. The monoisotopic (exact) mass is 980 g/mol. The van der Waals surface area contributed by atoms with E-state index in [1.165, 1.54) is 0 Å². The van der Waals surface area contributed by atoms with E-state index < -0.39 is 0 Å². The maximum atomic E-state index is 6.39. The van der Waals surface area contributed by atoms with Crippen LogP contribution in [0.15, 0.2) is 152 Å². The van der Waals surface area contributed by atoms with E-state index in [9.17, 15) is 0 Å². The second-order valence-electron chi connectivity index (χ2n) is 12.4. The summed E-state index contributed by atoms with van der Waals surface area (Å²) in [6.45, 7) is 0. The van der Waals surface area contributed by atoms with Gasteiger partial charge in [-0.05, 0) is 51.1 Å². The molecule has 0 N–H and O–H groups in total. The summed E-state index contributed by atoms with van der Waals surface area (Å²) >= 11 is 0. The van der Waals surface area contributed by atoms with E-state index in [2.05, 4.69) is 68.5 Å². The van der Waals surface area contributed by atoms with Gasteiger partial charge in [0, 0.05) is 47.8 Å². The molecule has 7 nitrogen and oxygen atoms in total. The van der Waals surface area contributed by atoms with Crippen LogP contribution in [-0.4, -0.2) is 24.5 Å². The minimum atomic E-state index is 0. The normalized spacial score (nSPS) is 11.0. The van der Waals surface area contributed by atoms with Crippen LogP contribution in [0.1, 0.15) is 0 Å². The van der Waals surface area contributed by atoms with Crippen molar-refractivity contribution < 1.29 is 51.0 Å². The smallest absolute Gasteiger partial charge is 0.503 e. The summed E-state index contributed by atoms with van der Waals surface area (Å²) in [4.78, 5) is 18.5. The minimum absolute atomic E-state index is 0. The van der Waals surface area contributed by atoms with Gasteiger partial charge in [0.15, 0.2) is 0 Å². The fourth-order valence-electron chi connectivity index (χ4n) is 6.75. The van der Waals surface area contributed by atoms with Crippen LogP contribution in [-0.2, 0) is 41.5 Å². The topological polar surface area (TPSA) is 75.0 Å². The molecule has 0 saturated carbocycles. The molecule has 0 amide bonds. The van der Waals surface area contributed by atoms with E-state index in [0.29, 0.717) is 28.9 Å². The summed E-state index contributed by atoms with van der Waals surface area (Å²) in [5.74, 6) is 2.60. The number of ether oxygens (including phenoxy) is 2. The molecule has 0 fully saturated rings. The zero-order chi connectivity index (χ0) is 35.1. The van der Waals surface area contributed by atoms with Gasteiger partial charge >= 0.3 is 41.5 Å². The maximum absolute atomic E-state index is 6.39. The molecule has 0 atom stereocenters. The third kappa shape index (κ3) is 6.81. The summed E-state index contributed by atoms with van der Waals surface area (Å²) in [6, 6.07) is 55.4. The molecule has 0 aliphatic heterocycles. The van der Waals surface area contributed by atoms with Gasteiger partial charge in [0.2, 0.25) is 5.95 Å². The molecular weight excluding hydrogens is 956 g/mol. The van der Waals surface area contributed by atoms with E-state index in [-0.39, 0.29) is 41.5 Å². The molecule has 266 valence electrons. The van der Waals surface area contributed by atoms with E-state index in [1.54, 1.807) is 18.5 Å². The summed E-state index contributed by atoms with van der Waals surface area (Å²) in [7, 11) is 0. The van der Waals surface area contributed by atoms with Crippen LogP contribution in [0.2, 0.25) is 0 Å². The van der Waals surface area contributed by atoms with Crippen molar-refractivity contribution in [1.29, 1.82) is 0 Å². The predicted octanol–water partition coefficient (Wildman–Crippen LogP) is 10.8. The molecule has 0 spiro atoms. The Labute approximate surface area is 344 Å². The standard InChI is InChI=1S/C46H25N5O2.Pd.Pt/c1-3-14-38-30(8-1)20-24-47-44(38)32-10-5-12-34(26-32)52-36-16-18-40-41-19-17-37(29-43(41)51(42(40)28-36)46-49-22-7-23-50-46)53-35-13-6-11-33(27-35)45-39-15-4-2-9-31(39)21-25-48-45;;/h1-25H;;/q-4;2*+2. The molecule has 0 unspecified atom stereocenters. The van der Waals surface area contributed by atoms with Crippen LogP contribution in [0, 0.1) is 24.3 Å². The minimum Gasteiger partial charge on any atom is -0.503 e. The first-order valence-corrected chi connectivity index (χ1v) is 17.0.